The number of amides is 3. The van der Waals surface area contributed by atoms with E-state index in [1.54, 1.807) is 53.4 Å². The van der Waals surface area contributed by atoms with E-state index in [9.17, 15) is 14.4 Å². The molecule has 1 heterocycles. The molecule has 0 bridgehead atoms. The van der Waals surface area contributed by atoms with E-state index >= 15 is 0 Å². The maximum atomic E-state index is 12.5. The summed E-state index contributed by atoms with van der Waals surface area (Å²) >= 11 is 5.87. The molecule has 2 N–H and O–H groups in total. The van der Waals surface area contributed by atoms with Gasteiger partial charge in [-0.3, -0.25) is 14.4 Å². The molecule has 6 nitrogen and oxygen atoms in total. The molecule has 7 heteroatoms. The Balaban J connectivity index is 1.66. The van der Waals surface area contributed by atoms with E-state index in [1.807, 2.05) is 0 Å². The largest absolute Gasteiger partial charge is 0.326 e. The fourth-order valence-electron chi connectivity index (χ4n) is 2.88. The summed E-state index contributed by atoms with van der Waals surface area (Å²) in [6, 6.07) is 13.8. The summed E-state index contributed by atoms with van der Waals surface area (Å²) in [5, 5.41) is 6.07. The summed E-state index contributed by atoms with van der Waals surface area (Å²) in [7, 11) is 0. The van der Waals surface area contributed by atoms with Gasteiger partial charge in [-0.2, -0.15) is 0 Å². The van der Waals surface area contributed by atoms with Crippen LogP contribution in [0.1, 0.15) is 13.3 Å². The predicted octanol–water partition coefficient (Wildman–Crippen LogP) is 3.29. The standard InChI is InChI=1S/C19H18ClN3O3/c1-12(24)21-15-3-2-4-16(10-15)22-19(26)13-9-18(25)23(11-13)17-7-5-14(20)6-8-17/h2-8,10,13H,9,11H2,1H3,(H,21,24)(H,22,26)/t13-/m0/s1. The molecule has 0 spiro atoms. The van der Waals surface area contributed by atoms with Crippen molar-refractivity contribution in [1.29, 1.82) is 0 Å². The van der Waals surface area contributed by atoms with Gasteiger partial charge in [-0.05, 0) is 42.5 Å². The smallest absolute Gasteiger partial charge is 0.229 e. The van der Waals surface area contributed by atoms with Gasteiger partial charge >= 0.3 is 0 Å². The van der Waals surface area contributed by atoms with E-state index in [0.717, 1.165) is 5.69 Å². The van der Waals surface area contributed by atoms with Gasteiger partial charge in [0.05, 0.1) is 5.92 Å². The topological polar surface area (TPSA) is 78.5 Å². The normalized spacial score (nSPS) is 16.5. The molecule has 0 aromatic heterocycles. The van der Waals surface area contributed by atoms with Gasteiger partial charge in [0.2, 0.25) is 17.7 Å². The second-order valence-corrected chi connectivity index (χ2v) is 6.57. The fraction of sp³-hybridized carbons (Fsp3) is 0.211. The Morgan fingerprint density at radius 3 is 2.38 bits per heavy atom. The van der Waals surface area contributed by atoms with Crippen LogP contribution in [0.3, 0.4) is 0 Å². The number of benzene rings is 2. The number of anilines is 3. The van der Waals surface area contributed by atoms with E-state index < -0.39 is 5.92 Å². The van der Waals surface area contributed by atoms with Crippen molar-refractivity contribution >= 4 is 46.4 Å². The summed E-state index contributed by atoms with van der Waals surface area (Å²) in [4.78, 5) is 37.5. The molecule has 1 atom stereocenters. The van der Waals surface area contributed by atoms with Crippen LogP contribution in [0, 0.1) is 5.92 Å². The third kappa shape index (κ3) is 4.21. The van der Waals surface area contributed by atoms with Gasteiger partial charge in [-0.25, -0.2) is 0 Å². The van der Waals surface area contributed by atoms with Crippen LogP contribution in [-0.2, 0) is 14.4 Å². The van der Waals surface area contributed by atoms with Gasteiger partial charge in [0.15, 0.2) is 0 Å². The fourth-order valence-corrected chi connectivity index (χ4v) is 3.00. The van der Waals surface area contributed by atoms with Crippen molar-refractivity contribution in [3.05, 3.63) is 53.6 Å². The number of rotatable bonds is 4. The Kier molecular flexibility index (Phi) is 5.23. The third-order valence-electron chi connectivity index (χ3n) is 4.08. The Morgan fingerprint density at radius 2 is 1.73 bits per heavy atom. The van der Waals surface area contributed by atoms with Crippen molar-refractivity contribution in [2.45, 2.75) is 13.3 Å². The van der Waals surface area contributed by atoms with Crippen LogP contribution in [0.15, 0.2) is 48.5 Å². The minimum absolute atomic E-state index is 0.0977. The molecule has 0 radical (unpaired) electrons. The first kappa shape index (κ1) is 17.9. The Labute approximate surface area is 156 Å². The van der Waals surface area contributed by atoms with Crippen LogP contribution in [0.4, 0.5) is 17.1 Å². The summed E-state index contributed by atoms with van der Waals surface area (Å²) in [6.07, 6.45) is 0.153. The number of hydrogen-bond acceptors (Lipinski definition) is 3. The lowest BCUT2D eigenvalue weighted by Crippen LogP contribution is -2.28. The molecule has 3 amide bonds. The van der Waals surface area contributed by atoms with Crippen molar-refractivity contribution < 1.29 is 14.4 Å². The Bertz CT molecular complexity index is 851. The molecular formula is C19H18ClN3O3. The monoisotopic (exact) mass is 371 g/mol. The highest BCUT2D eigenvalue weighted by molar-refractivity contribution is 6.30. The Morgan fingerprint density at radius 1 is 1.08 bits per heavy atom. The van der Waals surface area contributed by atoms with E-state index in [4.69, 9.17) is 11.6 Å². The van der Waals surface area contributed by atoms with Crippen LogP contribution in [-0.4, -0.2) is 24.3 Å². The van der Waals surface area contributed by atoms with E-state index in [2.05, 4.69) is 10.6 Å². The first-order chi connectivity index (χ1) is 12.4. The van der Waals surface area contributed by atoms with Crippen LogP contribution in [0.5, 0.6) is 0 Å². The maximum absolute atomic E-state index is 12.5. The number of hydrogen-bond donors (Lipinski definition) is 2. The number of nitrogens with zero attached hydrogens (tertiary/aromatic N) is 1. The second-order valence-electron chi connectivity index (χ2n) is 6.13. The minimum atomic E-state index is -0.442. The first-order valence-electron chi connectivity index (χ1n) is 8.17. The van der Waals surface area contributed by atoms with Crippen molar-refractivity contribution in [1.82, 2.24) is 0 Å². The average molecular weight is 372 g/mol. The number of carbonyl (C=O) groups is 3. The van der Waals surface area contributed by atoms with Gasteiger partial charge in [-0.15, -0.1) is 0 Å². The molecule has 26 heavy (non-hydrogen) atoms. The second kappa shape index (κ2) is 7.58. The molecule has 1 aliphatic heterocycles. The quantitative estimate of drug-likeness (QED) is 0.865. The van der Waals surface area contributed by atoms with E-state index in [-0.39, 0.29) is 24.1 Å². The van der Waals surface area contributed by atoms with E-state index in [0.29, 0.717) is 22.9 Å². The highest BCUT2D eigenvalue weighted by Gasteiger charge is 2.35. The van der Waals surface area contributed by atoms with Gasteiger partial charge in [0.25, 0.3) is 0 Å². The van der Waals surface area contributed by atoms with Crippen LogP contribution < -0.4 is 15.5 Å². The van der Waals surface area contributed by atoms with Crippen molar-refractivity contribution in [2.75, 3.05) is 22.1 Å². The highest BCUT2D eigenvalue weighted by atomic mass is 35.5. The molecular weight excluding hydrogens is 354 g/mol. The molecule has 134 valence electrons. The summed E-state index contributed by atoms with van der Waals surface area (Å²) < 4.78 is 0. The number of halogens is 1. The van der Waals surface area contributed by atoms with Gasteiger partial charge in [-0.1, -0.05) is 17.7 Å². The van der Waals surface area contributed by atoms with Crippen LogP contribution in [0.25, 0.3) is 0 Å². The van der Waals surface area contributed by atoms with Crippen molar-refractivity contribution in [3.63, 3.8) is 0 Å². The maximum Gasteiger partial charge on any atom is 0.229 e. The zero-order valence-corrected chi connectivity index (χ0v) is 14.9. The zero-order valence-electron chi connectivity index (χ0n) is 14.2. The van der Waals surface area contributed by atoms with Gasteiger partial charge in [0, 0.05) is 42.0 Å². The van der Waals surface area contributed by atoms with E-state index in [1.165, 1.54) is 6.92 Å². The highest BCUT2D eigenvalue weighted by Crippen LogP contribution is 2.27. The number of carbonyl (C=O) groups excluding carboxylic acids is 3. The molecule has 2 aromatic carbocycles. The van der Waals surface area contributed by atoms with Crippen molar-refractivity contribution in [2.24, 2.45) is 5.92 Å². The lowest BCUT2D eigenvalue weighted by atomic mass is 10.1. The molecule has 1 saturated heterocycles. The molecule has 1 aliphatic rings. The molecule has 3 rings (SSSR count). The molecule has 0 unspecified atom stereocenters. The summed E-state index contributed by atoms with van der Waals surface area (Å²) in [5.74, 6) is -0.953. The van der Waals surface area contributed by atoms with Crippen LogP contribution >= 0.6 is 11.6 Å². The lowest BCUT2D eigenvalue weighted by Gasteiger charge is -2.17. The molecule has 2 aromatic rings. The summed E-state index contributed by atoms with van der Waals surface area (Å²) in [6.45, 7) is 1.73. The van der Waals surface area contributed by atoms with Gasteiger partial charge < -0.3 is 15.5 Å². The summed E-state index contributed by atoms with van der Waals surface area (Å²) in [5.41, 5.74) is 1.89. The van der Waals surface area contributed by atoms with Crippen molar-refractivity contribution in [3.8, 4) is 0 Å². The Hall–Kier alpha value is -2.86. The zero-order chi connectivity index (χ0) is 18.7. The van der Waals surface area contributed by atoms with Gasteiger partial charge in [0.1, 0.15) is 0 Å². The SMILES string of the molecule is CC(=O)Nc1cccc(NC(=O)[C@H]2CC(=O)N(c3ccc(Cl)cc3)C2)c1. The average Bonchev–Trinajstić information content (AvgIpc) is 2.97. The predicted molar refractivity (Wildman–Crippen MR) is 101 cm³/mol. The molecule has 0 aliphatic carbocycles. The lowest BCUT2D eigenvalue weighted by molar-refractivity contribution is -0.122. The third-order valence-corrected chi connectivity index (χ3v) is 4.34. The van der Waals surface area contributed by atoms with Crippen LogP contribution in [0.2, 0.25) is 5.02 Å². The molecule has 1 fully saturated rings. The molecule has 0 saturated carbocycles. The first-order valence-corrected chi connectivity index (χ1v) is 8.54. The minimum Gasteiger partial charge on any atom is -0.326 e. The number of nitrogens with one attached hydrogen (secondary N) is 2.